The number of carbonyl (C=O) groups is 2. The first-order valence-electron chi connectivity index (χ1n) is 8.20. The lowest BCUT2D eigenvalue weighted by atomic mass is 10.1. The van der Waals surface area contributed by atoms with E-state index in [-0.39, 0.29) is 11.6 Å². The van der Waals surface area contributed by atoms with Crippen molar-refractivity contribution in [2.24, 2.45) is 4.99 Å². The second-order valence-electron chi connectivity index (χ2n) is 6.00. The number of cyclic esters (lactones) is 1. The van der Waals surface area contributed by atoms with Crippen LogP contribution in [0.25, 0.3) is 10.9 Å². The van der Waals surface area contributed by atoms with Crippen molar-refractivity contribution in [3.05, 3.63) is 54.0 Å². The molecule has 1 fully saturated rings. The molecule has 0 unspecified atom stereocenters. The number of para-hydroxylation sites is 1. The van der Waals surface area contributed by atoms with Gasteiger partial charge in [-0.25, -0.2) is 14.6 Å². The van der Waals surface area contributed by atoms with E-state index in [1.165, 1.54) is 4.90 Å². The third kappa shape index (κ3) is 2.97. The Hall–Kier alpha value is -3.42. The number of esters is 1. The van der Waals surface area contributed by atoms with E-state index < -0.39 is 12.1 Å². The van der Waals surface area contributed by atoms with E-state index in [0.29, 0.717) is 31.7 Å². The fourth-order valence-corrected chi connectivity index (χ4v) is 3.01. The number of rotatable bonds is 2. The average Bonchev–Trinajstić information content (AvgIpc) is 3.02. The molecule has 26 heavy (non-hydrogen) atoms. The molecule has 1 aromatic heterocycles. The largest absolute Gasteiger partial charge is 0.465 e. The molecule has 1 amide bonds. The third-order valence-corrected chi connectivity index (χ3v) is 4.39. The second kappa shape index (κ2) is 6.47. The molecule has 0 spiro atoms. The van der Waals surface area contributed by atoms with Crippen molar-refractivity contribution in [1.82, 2.24) is 14.8 Å². The van der Waals surface area contributed by atoms with Crippen molar-refractivity contribution in [1.29, 1.82) is 0 Å². The molecule has 0 aliphatic carbocycles. The van der Waals surface area contributed by atoms with Crippen molar-refractivity contribution < 1.29 is 19.4 Å². The number of fused-ring (bicyclic) bond motifs is 1. The number of aromatic nitrogens is 1. The monoisotopic (exact) mass is 352 g/mol. The van der Waals surface area contributed by atoms with Crippen molar-refractivity contribution >= 4 is 28.9 Å². The van der Waals surface area contributed by atoms with Crippen molar-refractivity contribution in [2.45, 2.75) is 0 Å². The van der Waals surface area contributed by atoms with E-state index in [4.69, 9.17) is 9.84 Å². The number of ether oxygens (including phenoxy) is 1. The van der Waals surface area contributed by atoms with Gasteiger partial charge in [-0.15, -0.1) is 0 Å². The quantitative estimate of drug-likeness (QED) is 0.653. The molecule has 0 saturated carbocycles. The van der Waals surface area contributed by atoms with Crippen molar-refractivity contribution in [2.75, 3.05) is 26.2 Å². The summed E-state index contributed by atoms with van der Waals surface area (Å²) in [4.78, 5) is 35.0. The minimum atomic E-state index is -0.928. The molecule has 8 heteroatoms. The summed E-state index contributed by atoms with van der Waals surface area (Å²) in [5.74, 6) is -0.259. The van der Waals surface area contributed by atoms with Gasteiger partial charge in [0.15, 0.2) is 5.70 Å². The molecule has 0 radical (unpaired) electrons. The van der Waals surface area contributed by atoms with Crippen molar-refractivity contribution in [3.63, 3.8) is 0 Å². The summed E-state index contributed by atoms with van der Waals surface area (Å²) < 4.78 is 5.35. The minimum absolute atomic E-state index is 0.213. The smallest absolute Gasteiger partial charge is 0.407 e. The van der Waals surface area contributed by atoms with E-state index in [9.17, 15) is 9.59 Å². The predicted octanol–water partition coefficient (Wildman–Crippen LogP) is 1.68. The summed E-state index contributed by atoms with van der Waals surface area (Å²) in [5, 5.41) is 9.85. The number of carboxylic acid groups (broad SMARTS) is 1. The summed E-state index contributed by atoms with van der Waals surface area (Å²) in [6, 6.07) is 9.34. The molecule has 1 saturated heterocycles. The van der Waals surface area contributed by atoms with Crippen LogP contribution in [-0.2, 0) is 9.53 Å². The lowest BCUT2D eigenvalue weighted by Gasteiger charge is -2.32. The Labute approximate surface area is 149 Å². The molecule has 2 aliphatic rings. The maximum atomic E-state index is 12.2. The second-order valence-corrected chi connectivity index (χ2v) is 6.00. The maximum absolute atomic E-state index is 12.2. The summed E-state index contributed by atoms with van der Waals surface area (Å²) in [6.45, 7) is 1.79. The van der Waals surface area contributed by atoms with Gasteiger partial charge in [-0.3, -0.25) is 4.98 Å². The molecule has 132 valence electrons. The SMILES string of the molecule is O=C1OC(c2ccnc3ccccc23)=N/C1=C/N1CCN(C(=O)O)CC1. The molecule has 0 atom stereocenters. The predicted molar refractivity (Wildman–Crippen MR) is 93.6 cm³/mol. The van der Waals surface area contributed by atoms with Crippen molar-refractivity contribution in [3.8, 4) is 0 Å². The highest BCUT2D eigenvalue weighted by molar-refractivity contribution is 6.15. The fourth-order valence-electron chi connectivity index (χ4n) is 3.01. The number of benzene rings is 1. The van der Waals surface area contributed by atoms with Gasteiger partial charge in [-0.2, -0.15) is 0 Å². The van der Waals surface area contributed by atoms with Crippen LogP contribution in [0.1, 0.15) is 5.56 Å². The zero-order chi connectivity index (χ0) is 18.1. The number of piperazine rings is 1. The summed E-state index contributed by atoms with van der Waals surface area (Å²) in [7, 11) is 0. The normalized spacial score (nSPS) is 19.0. The van der Waals surface area contributed by atoms with E-state index in [0.717, 1.165) is 10.9 Å². The summed E-state index contributed by atoms with van der Waals surface area (Å²) in [6.07, 6.45) is 2.36. The van der Waals surface area contributed by atoms with Gasteiger partial charge in [0.25, 0.3) is 0 Å². The number of nitrogens with zero attached hydrogens (tertiary/aromatic N) is 4. The first-order chi connectivity index (χ1) is 12.6. The van der Waals surface area contributed by atoms with Gasteiger partial charge in [-0.1, -0.05) is 18.2 Å². The molecule has 3 heterocycles. The van der Waals surface area contributed by atoms with Gasteiger partial charge in [0.1, 0.15) is 0 Å². The van der Waals surface area contributed by atoms with Crippen LogP contribution >= 0.6 is 0 Å². The summed E-state index contributed by atoms with van der Waals surface area (Å²) in [5.41, 5.74) is 1.72. The lowest BCUT2D eigenvalue weighted by Crippen LogP contribution is -2.46. The Morgan fingerprint density at radius 3 is 2.69 bits per heavy atom. The molecule has 2 aromatic rings. The molecule has 0 bridgehead atoms. The Bertz CT molecular complexity index is 940. The van der Waals surface area contributed by atoms with E-state index >= 15 is 0 Å². The Morgan fingerprint density at radius 1 is 1.15 bits per heavy atom. The number of carbonyl (C=O) groups excluding carboxylic acids is 1. The maximum Gasteiger partial charge on any atom is 0.407 e. The van der Waals surface area contributed by atoms with Crippen LogP contribution in [0.2, 0.25) is 0 Å². The van der Waals surface area contributed by atoms with Gasteiger partial charge in [0, 0.05) is 49.5 Å². The van der Waals surface area contributed by atoms with Crippen LogP contribution in [0.5, 0.6) is 0 Å². The lowest BCUT2D eigenvalue weighted by molar-refractivity contribution is -0.130. The molecule has 1 aromatic carbocycles. The average molecular weight is 352 g/mol. The number of amides is 1. The highest BCUT2D eigenvalue weighted by Crippen LogP contribution is 2.23. The minimum Gasteiger partial charge on any atom is -0.465 e. The number of hydrogen-bond donors (Lipinski definition) is 1. The molecule has 8 nitrogen and oxygen atoms in total. The van der Waals surface area contributed by atoms with E-state index in [1.807, 2.05) is 29.2 Å². The standard InChI is InChI=1S/C18H16N4O4/c23-17-15(11-21-7-9-22(10-8-21)18(24)25)20-16(26-17)13-5-6-19-14-4-2-1-3-12(13)14/h1-6,11H,7-10H2,(H,24,25)/b15-11+. The Balaban J connectivity index is 1.59. The number of aliphatic imine (C=N–C) groups is 1. The molecular weight excluding hydrogens is 336 g/mol. The van der Waals surface area contributed by atoms with Gasteiger partial charge in [0.05, 0.1) is 5.52 Å². The first-order valence-corrected chi connectivity index (χ1v) is 8.20. The van der Waals surface area contributed by atoms with Gasteiger partial charge in [-0.05, 0) is 12.1 Å². The summed E-state index contributed by atoms with van der Waals surface area (Å²) >= 11 is 0. The van der Waals surface area contributed by atoms with E-state index in [2.05, 4.69) is 9.98 Å². The highest BCUT2D eigenvalue weighted by Gasteiger charge is 2.27. The van der Waals surface area contributed by atoms with Gasteiger partial charge < -0.3 is 19.6 Å². The molecule has 1 N–H and O–H groups in total. The van der Waals surface area contributed by atoms with Crippen LogP contribution in [0, 0.1) is 0 Å². The Morgan fingerprint density at radius 2 is 1.92 bits per heavy atom. The van der Waals surface area contributed by atoms with Crippen LogP contribution < -0.4 is 0 Å². The zero-order valence-electron chi connectivity index (χ0n) is 13.8. The van der Waals surface area contributed by atoms with Crippen LogP contribution in [0.15, 0.2) is 53.4 Å². The third-order valence-electron chi connectivity index (χ3n) is 4.39. The van der Waals surface area contributed by atoms with E-state index in [1.54, 1.807) is 18.5 Å². The molecule has 4 rings (SSSR count). The van der Waals surface area contributed by atoms with Crippen LogP contribution in [0.4, 0.5) is 4.79 Å². The fraction of sp³-hybridized carbons (Fsp3) is 0.222. The number of hydrogen-bond acceptors (Lipinski definition) is 6. The van der Waals surface area contributed by atoms with Crippen LogP contribution in [0.3, 0.4) is 0 Å². The van der Waals surface area contributed by atoms with Crippen LogP contribution in [-0.4, -0.2) is 64.0 Å². The van der Waals surface area contributed by atoms with Gasteiger partial charge >= 0.3 is 12.1 Å². The van der Waals surface area contributed by atoms with Gasteiger partial charge in [0.2, 0.25) is 5.90 Å². The Kier molecular flexibility index (Phi) is 4.00. The number of pyridine rings is 1. The zero-order valence-corrected chi connectivity index (χ0v) is 13.8. The molecule has 2 aliphatic heterocycles. The molecular formula is C18H16N4O4. The topological polar surface area (TPSA) is 95.3 Å². The highest BCUT2D eigenvalue weighted by atomic mass is 16.6. The first kappa shape index (κ1) is 16.1.